The van der Waals surface area contributed by atoms with Crippen molar-refractivity contribution in [1.29, 1.82) is 0 Å². The molecule has 0 radical (unpaired) electrons. The molecule has 0 bridgehead atoms. The van der Waals surface area contributed by atoms with E-state index in [-0.39, 0.29) is 27.8 Å². The van der Waals surface area contributed by atoms with Gasteiger partial charge in [0.2, 0.25) is 15.5 Å². The molecule has 1 aromatic carbocycles. The van der Waals surface area contributed by atoms with Crippen LogP contribution in [0.3, 0.4) is 0 Å². The van der Waals surface area contributed by atoms with Crippen LogP contribution in [0.25, 0.3) is 10.9 Å². The number of hydrogen-bond donors (Lipinski definition) is 0. The van der Waals surface area contributed by atoms with Gasteiger partial charge in [0, 0.05) is 64.1 Å². The molecule has 9 nitrogen and oxygen atoms in total. The normalized spacial score (nSPS) is 17.5. The van der Waals surface area contributed by atoms with Crippen molar-refractivity contribution in [1.82, 2.24) is 18.8 Å². The number of carbonyl (C=O) groups excluding carboxylic acids is 1. The van der Waals surface area contributed by atoms with E-state index in [1.165, 1.54) is 10.4 Å². The lowest BCUT2D eigenvalue weighted by atomic mass is 9.96. The molecule has 2 aliphatic rings. The van der Waals surface area contributed by atoms with Crippen molar-refractivity contribution in [2.45, 2.75) is 43.0 Å². The first kappa shape index (κ1) is 25.4. The zero-order chi connectivity index (χ0) is 26.2. The van der Waals surface area contributed by atoms with Gasteiger partial charge in [-0.05, 0) is 43.2 Å². The van der Waals surface area contributed by atoms with Crippen LogP contribution < -0.4 is 10.3 Å². The molecule has 0 atom stereocenters. The predicted molar refractivity (Wildman–Crippen MR) is 143 cm³/mol. The Bertz CT molecular complexity index is 1460. The number of sulfonamides is 1. The first-order valence-electron chi connectivity index (χ1n) is 12.8. The zero-order valence-corrected chi connectivity index (χ0v) is 22.2. The van der Waals surface area contributed by atoms with E-state index in [1.54, 1.807) is 48.1 Å². The van der Waals surface area contributed by atoms with E-state index in [1.807, 2.05) is 18.2 Å². The number of carbonyl (C=O) groups is 1. The van der Waals surface area contributed by atoms with Gasteiger partial charge in [-0.1, -0.05) is 25.3 Å². The lowest BCUT2D eigenvalue weighted by Gasteiger charge is -2.35. The van der Waals surface area contributed by atoms with Crippen LogP contribution in [0.5, 0.6) is 0 Å². The van der Waals surface area contributed by atoms with Crippen LogP contribution in [-0.2, 0) is 17.1 Å². The molecular weight excluding hydrogens is 490 g/mol. The van der Waals surface area contributed by atoms with Crippen molar-refractivity contribution in [2.75, 3.05) is 38.1 Å². The van der Waals surface area contributed by atoms with E-state index in [0.717, 1.165) is 37.9 Å². The molecule has 1 saturated carbocycles. The van der Waals surface area contributed by atoms with Crippen molar-refractivity contribution in [3.63, 3.8) is 0 Å². The van der Waals surface area contributed by atoms with Gasteiger partial charge in [-0.2, -0.15) is 4.31 Å². The summed E-state index contributed by atoms with van der Waals surface area (Å²) in [5, 5.41) is 0.235. The van der Waals surface area contributed by atoms with Gasteiger partial charge < -0.3 is 14.4 Å². The molecule has 3 heterocycles. The summed E-state index contributed by atoms with van der Waals surface area (Å²) in [6, 6.07) is 10.3. The molecule has 2 fully saturated rings. The number of hydrogen-bond acceptors (Lipinski definition) is 6. The number of aromatic nitrogens is 2. The van der Waals surface area contributed by atoms with Crippen molar-refractivity contribution in [3.05, 3.63) is 64.6 Å². The maximum atomic E-state index is 13.5. The molecule has 1 aliphatic carbocycles. The molecule has 5 rings (SSSR count). The Balaban J connectivity index is 1.42. The minimum Gasteiger partial charge on any atom is -0.353 e. The van der Waals surface area contributed by atoms with Crippen LogP contribution in [0.15, 0.2) is 58.5 Å². The predicted octanol–water partition coefficient (Wildman–Crippen LogP) is 2.85. The molecule has 1 saturated heterocycles. The average molecular weight is 524 g/mol. The third-order valence-electron chi connectivity index (χ3n) is 7.70. The molecule has 0 unspecified atom stereocenters. The lowest BCUT2D eigenvalue weighted by molar-refractivity contribution is 0.0744. The average Bonchev–Trinajstić information content (AvgIpc) is 2.95. The zero-order valence-electron chi connectivity index (χ0n) is 21.3. The maximum absolute atomic E-state index is 13.5. The second-order valence-corrected chi connectivity index (χ2v) is 11.9. The summed E-state index contributed by atoms with van der Waals surface area (Å²) in [5.74, 6) is 0.527. The van der Waals surface area contributed by atoms with Gasteiger partial charge in [-0.25, -0.2) is 13.4 Å². The first-order valence-corrected chi connectivity index (χ1v) is 14.3. The Morgan fingerprint density at radius 2 is 1.76 bits per heavy atom. The largest absolute Gasteiger partial charge is 0.353 e. The highest BCUT2D eigenvalue weighted by atomic mass is 32.2. The molecule has 0 spiro atoms. The first-order chi connectivity index (χ1) is 17.8. The van der Waals surface area contributed by atoms with Crippen LogP contribution in [-0.4, -0.2) is 72.3 Å². The van der Waals surface area contributed by atoms with Crippen LogP contribution in [0.1, 0.15) is 42.5 Å². The number of fused-ring (bicyclic) bond motifs is 1. The number of nitrogens with zero attached hydrogens (tertiary/aromatic N) is 5. The van der Waals surface area contributed by atoms with Crippen LogP contribution in [0.4, 0.5) is 5.82 Å². The molecule has 1 aliphatic heterocycles. The minimum atomic E-state index is -3.77. The van der Waals surface area contributed by atoms with Crippen molar-refractivity contribution < 1.29 is 13.2 Å². The highest BCUT2D eigenvalue weighted by molar-refractivity contribution is 7.89. The number of piperazine rings is 1. The smallest absolute Gasteiger partial charge is 0.259 e. The summed E-state index contributed by atoms with van der Waals surface area (Å²) >= 11 is 0. The molecular formula is C27H33N5O4S. The van der Waals surface area contributed by atoms with Gasteiger partial charge in [-0.3, -0.25) is 9.59 Å². The Kier molecular flexibility index (Phi) is 7.04. The number of pyridine rings is 2. The fourth-order valence-electron chi connectivity index (χ4n) is 5.44. The summed E-state index contributed by atoms with van der Waals surface area (Å²) < 4.78 is 30.0. The molecule has 196 valence electrons. The van der Waals surface area contributed by atoms with Gasteiger partial charge >= 0.3 is 0 Å². The van der Waals surface area contributed by atoms with E-state index in [9.17, 15) is 18.0 Å². The lowest BCUT2D eigenvalue weighted by Crippen LogP contribution is -2.49. The van der Waals surface area contributed by atoms with Crippen molar-refractivity contribution in [2.24, 2.45) is 7.05 Å². The Labute approximate surface area is 217 Å². The van der Waals surface area contributed by atoms with Crippen LogP contribution in [0, 0.1) is 0 Å². The highest BCUT2D eigenvalue weighted by Crippen LogP contribution is 2.27. The molecule has 0 N–H and O–H groups in total. The second-order valence-electron chi connectivity index (χ2n) is 9.94. The standard InChI is InChI=1S/C27H33N5O4S/c1-29-19-23(27(34)32-16-14-31(15-17-32)25-10-6-7-13-28-25)26(33)22-18-21(11-12-24(22)29)37(35,36)30(2)20-8-4-3-5-9-20/h6-7,10-13,18-20H,3-5,8-9,14-17H2,1-2H3. The quantitative estimate of drug-likeness (QED) is 0.510. The Hall–Kier alpha value is -3.24. The monoisotopic (exact) mass is 523 g/mol. The Morgan fingerprint density at radius 1 is 1.03 bits per heavy atom. The van der Waals surface area contributed by atoms with E-state index < -0.39 is 15.5 Å². The van der Waals surface area contributed by atoms with Crippen molar-refractivity contribution >= 4 is 32.7 Å². The van der Waals surface area contributed by atoms with E-state index in [0.29, 0.717) is 31.7 Å². The summed E-state index contributed by atoms with van der Waals surface area (Å²) in [5.41, 5.74) is 0.194. The van der Waals surface area contributed by atoms with Crippen molar-refractivity contribution in [3.8, 4) is 0 Å². The fourth-order valence-corrected chi connectivity index (χ4v) is 6.88. The topological polar surface area (TPSA) is 95.8 Å². The number of anilines is 1. The number of rotatable bonds is 5. The van der Waals surface area contributed by atoms with Crippen LogP contribution in [0.2, 0.25) is 0 Å². The molecule has 37 heavy (non-hydrogen) atoms. The molecule has 1 amide bonds. The van der Waals surface area contributed by atoms with Gasteiger partial charge in [0.05, 0.1) is 10.4 Å². The SMILES string of the molecule is CN(C1CCCCC1)S(=O)(=O)c1ccc2c(c1)c(=O)c(C(=O)N1CCN(c3ccccn3)CC1)cn2C. The molecule has 10 heteroatoms. The highest BCUT2D eigenvalue weighted by Gasteiger charge is 2.30. The second kappa shape index (κ2) is 10.3. The third-order valence-corrected chi connectivity index (χ3v) is 9.60. The van der Waals surface area contributed by atoms with Crippen LogP contribution >= 0.6 is 0 Å². The van der Waals surface area contributed by atoms with E-state index in [2.05, 4.69) is 9.88 Å². The number of benzene rings is 1. The maximum Gasteiger partial charge on any atom is 0.259 e. The summed E-state index contributed by atoms with van der Waals surface area (Å²) in [4.78, 5) is 35.2. The number of aryl methyl sites for hydroxylation is 1. The van der Waals surface area contributed by atoms with Gasteiger partial charge in [0.25, 0.3) is 5.91 Å². The summed E-state index contributed by atoms with van der Waals surface area (Å²) in [6.07, 6.45) is 8.16. The summed E-state index contributed by atoms with van der Waals surface area (Å²) in [6.45, 7) is 2.17. The molecule has 2 aromatic heterocycles. The fraction of sp³-hybridized carbons (Fsp3) is 0.444. The van der Waals surface area contributed by atoms with Gasteiger partial charge in [0.1, 0.15) is 11.4 Å². The third kappa shape index (κ3) is 4.87. The Morgan fingerprint density at radius 3 is 2.43 bits per heavy atom. The molecule has 3 aromatic rings. The van der Waals surface area contributed by atoms with E-state index in [4.69, 9.17) is 0 Å². The minimum absolute atomic E-state index is 0.0325. The number of amides is 1. The van der Waals surface area contributed by atoms with Gasteiger partial charge in [0.15, 0.2) is 0 Å². The van der Waals surface area contributed by atoms with E-state index >= 15 is 0 Å². The van der Waals surface area contributed by atoms with Gasteiger partial charge in [-0.15, -0.1) is 0 Å². The summed E-state index contributed by atoms with van der Waals surface area (Å²) in [7, 11) is -0.380.